The number of aliphatic hydroxyl groups excluding tert-OH is 1. The normalized spacial score (nSPS) is 21.9. The molecule has 0 fully saturated rings. The molecule has 0 bridgehead atoms. The van der Waals surface area contributed by atoms with Crippen LogP contribution in [0, 0.1) is 6.92 Å². The predicted molar refractivity (Wildman–Crippen MR) is 160 cm³/mol. The monoisotopic (exact) mass is 624 g/mol. The van der Waals surface area contributed by atoms with Gasteiger partial charge >= 0.3 is 0 Å². The van der Waals surface area contributed by atoms with Gasteiger partial charge in [-0.05, 0) is 32.4 Å². The van der Waals surface area contributed by atoms with E-state index in [-0.39, 0.29) is 69.2 Å². The zero-order valence-electron chi connectivity index (χ0n) is 24.5. The van der Waals surface area contributed by atoms with Crippen molar-refractivity contribution in [2.75, 3.05) is 21.0 Å². The summed E-state index contributed by atoms with van der Waals surface area (Å²) < 4.78 is 30.3. The number of hydrogen-bond acceptors (Lipinski definition) is 11. The van der Waals surface area contributed by atoms with Crippen molar-refractivity contribution in [3.8, 4) is 28.4 Å². The van der Waals surface area contributed by atoms with Gasteiger partial charge in [-0.25, -0.2) is 0 Å². The molecule has 4 aromatic rings. The molecule has 0 saturated heterocycles. The van der Waals surface area contributed by atoms with Crippen molar-refractivity contribution in [3.05, 3.63) is 59.8 Å². The molecule has 0 radical (unpaired) electrons. The van der Waals surface area contributed by atoms with E-state index in [1.54, 1.807) is 26.8 Å². The summed E-state index contributed by atoms with van der Waals surface area (Å²) >= 11 is 6.73. The molecule has 13 heteroatoms. The van der Waals surface area contributed by atoms with Crippen molar-refractivity contribution >= 4 is 39.1 Å². The quantitative estimate of drug-likeness (QED) is 0.277. The summed E-state index contributed by atoms with van der Waals surface area (Å²) in [5.74, 6) is -0.702. The number of nitrogens with zero attached hydrogens (tertiary/aromatic N) is 2. The Labute approximate surface area is 254 Å². The lowest BCUT2D eigenvalue weighted by molar-refractivity contribution is -0.0709. The number of halogens is 1. The smallest absolute Gasteiger partial charge is 0.282 e. The molecule has 12 nitrogen and oxygen atoms in total. The van der Waals surface area contributed by atoms with Crippen molar-refractivity contribution in [2.45, 2.75) is 58.0 Å². The van der Waals surface area contributed by atoms with E-state index in [2.05, 4.69) is 5.10 Å². The second-order valence-corrected chi connectivity index (χ2v) is 11.8. The van der Waals surface area contributed by atoms with Crippen LogP contribution in [-0.4, -0.2) is 52.8 Å². The number of aliphatic hydroxyl groups is 1. The summed E-state index contributed by atoms with van der Waals surface area (Å²) in [4.78, 5) is 27.9. The maximum absolute atomic E-state index is 14.2. The lowest BCUT2D eigenvalue weighted by Crippen LogP contribution is -2.34. The highest BCUT2D eigenvalue weighted by Crippen LogP contribution is 2.57. The summed E-state index contributed by atoms with van der Waals surface area (Å²) in [5.41, 5.74) is 0.939. The van der Waals surface area contributed by atoms with Gasteiger partial charge in [0.1, 0.15) is 28.7 Å². The van der Waals surface area contributed by atoms with E-state index in [4.69, 9.17) is 35.0 Å². The first kappa shape index (κ1) is 28.8. The molecule has 3 aliphatic rings. The molecule has 0 amide bonds. The van der Waals surface area contributed by atoms with E-state index in [1.165, 1.54) is 14.2 Å². The number of phenols is 2. The standard InChI is InChI=1S/C31H29ClN2O10/c1-10(2)33-34-11(3)23(32)13-6-12-7-16-19-21(17(12)24(36)18(13)31(34)39)26(38)22-25(37)20-15(40-4)8-14(35)27(41-5)29(20)44-30(22)28(19)43-9-42-16/h6,14-16,27,35-36,38H,7-9H2,1-5H3/t14-,15+,16-,27+/m1/s1. The molecular weight excluding hydrogens is 596 g/mol. The molecule has 230 valence electrons. The molecule has 2 aromatic heterocycles. The van der Waals surface area contributed by atoms with E-state index in [9.17, 15) is 24.9 Å². The summed E-state index contributed by atoms with van der Waals surface area (Å²) in [5, 5.41) is 39.0. The van der Waals surface area contributed by atoms with Crippen molar-refractivity contribution < 1.29 is 38.7 Å². The molecule has 7 rings (SSSR count). The first-order valence-corrected chi connectivity index (χ1v) is 14.4. The van der Waals surface area contributed by atoms with E-state index < -0.39 is 46.9 Å². The number of methoxy groups -OCH3 is 2. The lowest BCUT2D eigenvalue weighted by Gasteiger charge is -2.36. The van der Waals surface area contributed by atoms with Crippen LogP contribution in [0.15, 0.2) is 25.2 Å². The molecule has 3 N–H and O–H groups in total. The van der Waals surface area contributed by atoms with Crippen molar-refractivity contribution in [2.24, 2.45) is 5.10 Å². The molecule has 4 atom stereocenters. The fourth-order valence-corrected chi connectivity index (χ4v) is 7.03. The second kappa shape index (κ2) is 10.0. The van der Waals surface area contributed by atoms with Crippen molar-refractivity contribution in [1.82, 2.24) is 4.68 Å². The Morgan fingerprint density at radius 1 is 1.09 bits per heavy atom. The van der Waals surface area contributed by atoms with E-state index in [0.29, 0.717) is 27.9 Å². The lowest BCUT2D eigenvalue weighted by atomic mass is 9.79. The molecule has 0 saturated carbocycles. The predicted octanol–water partition coefficient (Wildman–Crippen LogP) is 4.50. The van der Waals surface area contributed by atoms with Gasteiger partial charge in [0.15, 0.2) is 18.1 Å². The van der Waals surface area contributed by atoms with Gasteiger partial charge < -0.3 is 38.7 Å². The van der Waals surface area contributed by atoms with Crippen LogP contribution < -0.4 is 15.7 Å². The number of rotatable bonds is 3. The summed E-state index contributed by atoms with van der Waals surface area (Å²) in [7, 11) is 2.80. The second-order valence-electron chi connectivity index (χ2n) is 11.4. The molecule has 1 aliphatic heterocycles. The number of pyridine rings is 1. The topological polar surface area (TPSA) is 162 Å². The third kappa shape index (κ3) is 3.75. The molecule has 44 heavy (non-hydrogen) atoms. The Hall–Kier alpha value is -3.94. The highest BCUT2D eigenvalue weighted by Gasteiger charge is 2.44. The molecule has 0 unspecified atom stereocenters. The average molecular weight is 625 g/mol. The molecule has 0 spiro atoms. The number of aromatic nitrogens is 1. The van der Waals surface area contributed by atoms with Crippen molar-refractivity contribution in [3.63, 3.8) is 0 Å². The van der Waals surface area contributed by atoms with E-state index in [1.807, 2.05) is 0 Å². The van der Waals surface area contributed by atoms with Crippen LogP contribution >= 0.6 is 11.6 Å². The van der Waals surface area contributed by atoms with Gasteiger partial charge in [0, 0.05) is 54.8 Å². The molecule has 3 heterocycles. The fourth-order valence-electron chi connectivity index (χ4n) is 6.80. The van der Waals surface area contributed by atoms with Crippen LogP contribution in [0.4, 0.5) is 0 Å². The SMILES string of the molecule is CO[C@H]1C[C@@H](O)[C@H](OC)c2oc3c4c5c(c(O)c3c(=O)c21)-c1c(cc2c(Cl)c(C)n(N=C(C)C)c(=O)c2c1O)C[C@H]5OCO4. The third-order valence-corrected chi connectivity index (χ3v) is 9.18. The molecule has 2 aliphatic carbocycles. The van der Waals surface area contributed by atoms with Crippen LogP contribution in [0.3, 0.4) is 0 Å². The van der Waals surface area contributed by atoms with Crippen molar-refractivity contribution in [1.29, 1.82) is 0 Å². The maximum Gasteiger partial charge on any atom is 0.282 e. The Morgan fingerprint density at radius 3 is 2.50 bits per heavy atom. The zero-order chi connectivity index (χ0) is 31.4. The first-order valence-electron chi connectivity index (χ1n) is 14.0. The number of ether oxygens (including phenoxy) is 4. The Morgan fingerprint density at radius 2 is 1.82 bits per heavy atom. The minimum Gasteiger partial charge on any atom is -0.506 e. The van der Waals surface area contributed by atoms with Gasteiger partial charge in [-0.3, -0.25) is 9.59 Å². The number of aromatic hydroxyl groups is 2. The minimum atomic E-state index is -1.02. The minimum absolute atomic E-state index is 0.0539. The van der Waals surface area contributed by atoms with Gasteiger partial charge in [-0.1, -0.05) is 11.6 Å². The Bertz CT molecular complexity index is 2080. The van der Waals surface area contributed by atoms with Gasteiger partial charge in [-0.2, -0.15) is 9.78 Å². The first-order chi connectivity index (χ1) is 21.0. The Kier molecular flexibility index (Phi) is 6.58. The fraction of sp³-hybridized carbons (Fsp3) is 0.387. The van der Waals surface area contributed by atoms with Gasteiger partial charge in [0.05, 0.1) is 40.0 Å². The third-order valence-electron chi connectivity index (χ3n) is 8.70. The number of benzene rings is 2. The van der Waals surface area contributed by atoms with Crippen LogP contribution in [0.25, 0.3) is 32.9 Å². The highest BCUT2D eigenvalue weighted by atomic mass is 35.5. The Balaban J connectivity index is 1.63. The molecule has 2 aromatic carbocycles. The van der Waals surface area contributed by atoms with Crippen LogP contribution in [0.5, 0.6) is 17.2 Å². The summed E-state index contributed by atoms with van der Waals surface area (Å²) in [6.07, 6.45) is -3.18. The number of hydrogen-bond donors (Lipinski definition) is 3. The summed E-state index contributed by atoms with van der Waals surface area (Å²) in [6, 6.07) is 1.69. The van der Waals surface area contributed by atoms with Crippen LogP contribution in [-0.2, 0) is 20.6 Å². The average Bonchev–Trinajstić information content (AvgIpc) is 2.99. The largest absolute Gasteiger partial charge is 0.506 e. The molecular formula is C31H29ClN2O10. The number of fused-ring (bicyclic) bond motifs is 6. The van der Waals surface area contributed by atoms with Crippen LogP contribution in [0.1, 0.15) is 66.7 Å². The maximum atomic E-state index is 14.2. The van der Waals surface area contributed by atoms with E-state index >= 15 is 0 Å². The highest BCUT2D eigenvalue weighted by molar-refractivity contribution is 6.36. The van der Waals surface area contributed by atoms with Gasteiger partial charge in [0.25, 0.3) is 5.56 Å². The van der Waals surface area contributed by atoms with Gasteiger partial charge in [0.2, 0.25) is 5.43 Å². The van der Waals surface area contributed by atoms with Gasteiger partial charge in [-0.15, -0.1) is 0 Å². The van der Waals surface area contributed by atoms with E-state index in [0.717, 1.165) is 4.68 Å². The summed E-state index contributed by atoms with van der Waals surface area (Å²) in [6.45, 7) is 4.94. The zero-order valence-corrected chi connectivity index (χ0v) is 25.2. The number of phenolic OH excluding ortho intramolecular Hbond substituents is 2. The van der Waals surface area contributed by atoms with Crippen LogP contribution in [0.2, 0.25) is 5.02 Å².